The Morgan fingerprint density at radius 3 is 1.86 bits per heavy atom. The van der Waals surface area contributed by atoms with Crippen molar-refractivity contribution in [1.29, 1.82) is 0 Å². The minimum Gasteiger partial charge on any atom is -0.468 e. The molecule has 0 saturated heterocycles. The first kappa shape index (κ1) is 23.4. The summed E-state index contributed by atoms with van der Waals surface area (Å²) < 4.78 is 19.3. The number of hydrogen-bond donors (Lipinski definition) is 0. The minimum absolute atomic E-state index is 0.00698. The van der Waals surface area contributed by atoms with Crippen molar-refractivity contribution in [3.63, 3.8) is 0 Å². The van der Waals surface area contributed by atoms with Gasteiger partial charge in [-0.05, 0) is 31.3 Å². The van der Waals surface area contributed by atoms with Gasteiger partial charge in [0.15, 0.2) is 10.8 Å². The molecule has 28 heavy (non-hydrogen) atoms. The van der Waals surface area contributed by atoms with Gasteiger partial charge >= 0.3 is 23.9 Å². The summed E-state index contributed by atoms with van der Waals surface area (Å²) in [6.45, 7) is 5.76. The molecule has 1 rings (SSSR count). The Kier molecular flexibility index (Phi) is 7.96. The van der Waals surface area contributed by atoms with Gasteiger partial charge in [-0.25, -0.2) is 0 Å². The van der Waals surface area contributed by atoms with E-state index >= 15 is 0 Å². The summed E-state index contributed by atoms with van der Waals surface area (Å²) >= 11 is 0. The van der Waals surface area contributed by atoms with Gasteiger partial charge in [0.1, 0.15) is 0 Å². The number of carbonyl (C=O) groups is 4. The highest BCUT2D eigenvalue weighted by Gasteiger charge is 2.54. The van der Waals surface area contributed by atoms with Gasteiger partial charge in [0.05, 0.1) is 28.4 Å². The fourth-order valence-electron chi connectivity index (χ4n) is 3.64. The first-order chi connectivity index (χ1) is 13.2. The maximum atomic E-state index is 12.4. The Morgan fingerprint density at radius 1 is 0.964 bits per heavy atom. The van der Waals surface area contributed by atoms with E-state index in [9.17, 15) is 19.2 Å². The van der Waals surface area contributed by atoms with Crippen LogP contribution in [0.2, 0.25) is 0 Å². The highest BCUT2D eigenvalue weighted by Crippen LogP contribution is 2.47. The fraction of sp³-hybridized carbons (Fsp3) is 0.600. The largest absolute Gasteiger partial charge is 0.468 e. The van der Waals surface area contributed by atoms with Crippen LogP contribution in [0.4, 0.5) is 0 Å². The molecule has 1 aliphatic rings. The lowest BCUT2D eigenvalue weighted by Crippen LogP contribution is -2.41. The maximum Gasteiger partial charge on any atom is 0.323 e. The molecule has 0 aromatic heterocycles. The predicted molar refractivity (Wildman–Crippen MR) is 98.9 cm³/mol. The highest BCUT2D eigenvalue weighted by molar-refractivity contribution is 6.02. The van der Waals surface area contributed by atoms with Crippen LogP contribution >= 0.6 is 0 Å². The Morgan fingerprint density at radius 2 is 1.46 bits per heavy atom. The average molecular weight is 396 g/mol. The molecule has 156 valence electrons. The Hall–Kier alpha value is -2.64. The van der Waals surface area contributed by atoms with Crippen molar-refractivity contribution in [3.05, 3.63) is 23.8 Å². The molecule has 0 aromatic carbocycles. The third kappa shape index (κ3) is 4.10. The van der Waals surface area contributed by atoms with Crippen LogP contribution in [0.25, 0.3) is 0 Å². The van der Waals surface area contributed by atoms with Crippen LogP contribution in [0.3, 0.4) is 0 Å². The topological polar surface area (TPSA) is 105 Å². The zero-order valence-corrected chi connectivity index (χ0v) is 17.1. The van der Waals surface area contributed by atoms with Gasteiger partial charge in [-0.3, -0.25) is 19.2 Å². The second kappa shape index (κ2) is 9.52. The predicted octanol–water partition coefficient (Wildman–Crippen LogP) is 2.12. The first-order valence-corrected chi connectivity index (χ1v) is 8.89. The number of hydrogen-bond acceptors (Lipinski definition) is 8. The van der Waals surface area contributed by atoms with Gasteiger partial charge in [-0.15, -0.1) is 0 Å². The zero-order chi connectivity index (χ0) is 21.5. The maximum absolute atomic E-state index is 12.4. The van der Waals surface area contributed by atoms with Crippen molar-refractivity contribution >= 4 is 23.9 Å². The second-order valence-electron chi connectivity index (χ2n) is 6.77. The van der Waals surface area contributed by atoms with Crippen molar-refractivity contribution < 1.29 is 38.1 Å². The number of carbonyl (C=O) groups excluding carboxylic acids is 4. The molecule has 8 nitrogen and oxygen atoms in total. The zero-order valence-electron chi connectivity index (χ0n) is 17.1. The summed E-state index contributed by atoms with van der Waals surface area (Å²) in [4.78, 5) is 49.4. The second-order valence-corrected chi connectivity index (χ2v) is 6.77. The summed E-state index contributed by atoms with van der Waals surface area (Å²) in [7, 11) is 4.80. The number of ether oxygens (including phenoxy) is 4. The summed E-state index contributed by atoms with van der Waals surface area (Å²) in [5.41, 5.74) is -1.90. The molecule has 0 amide bonds. The number of allylic oxidation sites excluding steroid dienone is 3. The number of rotatable bonds is 8. The van der Waals surface area contributed by atoms with Gasteiger partial charge < -0.3 is 18.9 Å². The van der Waals surface area contributed by atoms with E-state index in [-0.39, 0.29) is 25.7 Å². The number of esters is 4. The van der Waals surface area contributed by atoms with Crippen LogP contribution in [0.5, 0.6) is 0 Å². The molecular formula is C20H28O8. The molecule has 0 bridgehead atoms. The summed E-state index contributed by atoms with van der Waals surface area (Å²) in [6, 6.07) is 0. The van der Waals surface area contributed by atoms with Crippen LogP contribution in [-0.2, 0) is 38.1 Å². The summed E-state index contributed by atoms with van der Waals surface area (Å²) in [6.07, 6.45) is 2.45. The molecule has 0 unspecified atom stereocenters. The van der Waals surface area contributed by atoms with Crippen LogP contribution in [0.15, 0.2) is 23.8 Å². The molecular weight excluding hydrogens is 368 g/mol. The van der Waals surface area contributed by atoms with Crippen LogP contribution < -0.4 is 0 Å². The number of methoxy groups -OCH3 is 4. The Balaban J connectivity index is 3.32. The normalized spacial score (nSPS) is 17.2. The van der Waals surface area contributed by atoms with Crippen LogP contribution in [0.1, 0.15) is 39.0 Å². The van der Waals surface area contributed by atoms with E-state index in [1.165, 1.54) is 28.4 Å². The lowest BCUT2D eigenvalue weighted by molar-refractivity contribution is -0.170. The van der Waals surface area contributed by atoms with Gasteiger partial charge in [-0.1, -0.05) is 31.6 Å². The quantitative estimate of drug-likeness (QED) is 0.349. The molecule has 0 radical (unpaired) electrons. The highest BCUT2D eigenvalue weighted by atomic mass is 16.6. The van der Waals surface area contributed by atoms with E-state index < -0.39 is 34.7 Å². The minimum atomic E-state index is -1.52. The lowest BCUT2D eigenvalue weighted by Gasteiger charge is -2.27. The molecule has 8 heteroatoms. The van der Waals surface area contributed by atoms with E-state index in [0.717, 1.165) is 0 Å². The Bertz CT molecular complexity index is 656. The SMILES string of the molecule is C=C1CC(C(=O)OC)(C(=O)OC)C/C1=C\CC(CCC)(C(=O)OC)C(=O)OC. The van der Waals surface area contributed by atoms with Gasteiger partial charge in [0, 0.05) is 0 Å². The summed E-state index contributed by atoms with van der Waals surface area (Å²) in [5.74, 6) is -2.84. The monoisotopic (exact) mass is 396 g/mol. The van der Waals surface area contributed by atoms with E-state index in [1.807, 2.05) is 6.92 Å². The molecule has 1 aliphatic carbocycles. The molecule has 0 N–H and O–H groups in total. The fourth-order valence-corrected chi connectivity index (χ4v) is 3.64. The van der Waals surface area contributed by atoms with Crippen molar-refractivity contribution in [1.82, 2.24) is 0 Å². The third-order valence-corrected chi connectivity index (χ3v) is 5.14. The van der Waals surface area contributed by atoms with Gasteiger partial charge in [-0.2, -0.15) is 0 Å². The standard InChI is InChI=1S/C20H28O8/c1-7-9-19(15(21)25-3,16(22)26-4)10-8-14-12-20(11-13(14)2,17(23)27-5)18(24)28-6/h8H,2,7,9-12H2,1,3-6H3/b14-8+. The summed E-state index contributed by atoms with van der Waals surface area (Å²) in [5, 5.41) is 0. The van der Waals surface area contributed by atoms with Crippen LogP contribution in [-0.4, -0.2) is 52.3 Å². The van der Waals surface area contributed by atoms with E-state index in [0.29, 0.717) is 17.6 Å². The Labute approximate surface area is 164 Å². The molecule has 0 spiro atoms. The van der Waals surface area contributed by atoms with Gasteiger partial charge in [0.2, 0.25) is 0 Å². The molecule has 0 aromatic rings. The molecule has 0 heterocycles. The molecule has 1 saturated carbocycles. The van der Waals surface area contributed by atoms with E-state index in [4.69, 9.17) is 18.9 Å². The van der Waals surface area contributed by atoms with Crippen molar-refractivity contribution in [2.24, 2.45) is 10.8 Å². The smallest absolute Gasteiger partial charge is 0.323 e. The van der Waals surface area contributed by atoms with Crippen molar-refractivity contribution in [3.8, 4) is 0 Å². The third-order valence-electron chi connectivity index (χ3n) is 5.14. The van der Waals surface area contributed by atoms with E-state index in [2.05, 4.69) is 6.58 Å². The average Bonchev–Trinajstić information content (AvgIpc) is 3.05. The first-order valence-electron chi connectivity index (χ1n) is 8.89. The van der Waals surface area contributed by atoms with Gasteiger partial charge in [0.25, 0.3) is 0 Å². The van der Waals surface area contributed by atoms with Crippen molar-refractivity contribution in [2.45, 2.75) is 39.0 Å². The van der Waals surface area contributed by atoms with Crippen LogP contribution in [0, 0.1) is 10.8 Å². The van der Waals surface area contributed by atoms with E-state index in [1.54, 1.807) is 6.08 Å². The molecule has 0 aliphatic heterocycles. The lowest BCUT2D eigenvalue weighted by atomic mass is 9.79. The molecule has 0 atom stereocenters. The van der Waals surface area contributed by atoms with Crippen molar-refractivity contribution in [2.75, 3.05) is 28.4 Å². The molecule has 1 fully saturated rings.